The summed E-state index contributed by atoms with van der Waals surface area (Å²) in [5, 5.41) is 9.80. The summed E-state index contributed by atoms with van der Waals surface area (Å²) in [5.74, 6) is 1.43. The summed E-state index contributed by atoms with van der Waals surface area (Å²) in [6.45, 7) is 0. The van der Waals surface area contributed by atoms with E-state index in [4.69, 9.17) is 9.66 Å². The van der Waals surface area contributed by atoms with Crippen molar-refractivity contribution in [2.45, 2.75) is 44.4 Å². The van der Waals surface area contributed by atoms with Gasteiger partial charge in [-0.2, -0.15) is 13.6 Å². The largest absolute Gasteiger partial charge is 0.380 e. The summed E-state index contributed by atoms with van der Waals surface area (Å²) in [6, 6.07) is 4.89. The minimum Gasteiger partial charge on any atom is -0.371 e. The normalized spacial score (nSPS) is 17.8. The highest BCUT2D eigenvalue weighted by Crippen LogP contribution is 2.36. The van der Waals surface area contributed by atoms with Crippen molar-refractivity contribution in [3.8, 4) is 5.75 Å². The van der Waals surface area contributed by atoms with Gasteiger partial charge in [0.15, 0.2) is 0 Å². The van der Waals surface area contributed by atoms with Crippen molar-refractivity contribution in [1.29, 1.82) is 0 Å². The molecule has 0 radical (unpaired) electrons. The van der Waals surface area contributed by atoms with E-state index in [0.717, 1.165) is 24.0 Å². The van der Waals surface area contributed by atoms with Crippen LogP contribution in [0.15, 0.2) is 22.7 Å². The Bertz CT molecular complexity index is 731. The van der Waals surface area contributed by atoms with Crippen molar-refractivity contribution in [1.82, 2.24) is 5.16 Å². The number of hydrogen-bond acceptors (Lipinski definition) is 5. The molecular weight excluding hydrogens is 292 g/mol. The second kappa shape index (κ2) is 5.65. The summed E-state index contributed by atoms with van der Waals surface area (Å²) in [6.07, 6.45) is 7.18. The Kier molecular flexibility index (Phi) is 3.86. The van der Waals surface area contributed by atoms with Crippen molar-refractivity contribution >= 4 is 21.2 Å². The van der Waals surface area contributed by atoms with Crippen LogP contribution in [-0.4, -0.2) is 13.6 Å². The number of hydrogen-bond donors (Lipinski definition) is 1. The monoisotopic (exact) mass is 310 g/mol. The molecule has 0 saturated heterocycles. The molecule has 3 rings (SSSR count). The summed E-state index contributed by atoms with van der Waals surface area (Å²) in [7, 11) is -4.02. The molecule has 0 unspecified atom stereocenters. The van der Waals surface area contributed by atoms with Gasteiger partial charge in [-0.05, 0) is 25.0 Å². The first-order valence-electron chi connectivity index (χ1n) is 7.14. The highest BCUT2D eigenvalue weighted by molar-refractivity contribution is 7.84. The molecule has 1 aromatic heterocycles. The number of benzene rings is 1. The van der Waals surface area contributed by atoms with Crippen LogP contribution in [0.1, 0.15) is 50.2 Å². The number of rotatable bonds is 3. The molecule has 6 nitrogen and oxygen atoms in total. The molecule has 2 N–H and O–H groups in total. The van der Waals surface area contributed by atoms with Crippen molar-refractivity contribution in [2.24, 2.45) is 5.14 Å². The second-order valence-corrected chi connectivity index (χ2v) is 6.64. The predicted octanol–water partition coefficient (Wildman–Crippen LogP) is 2.85. The first-order valence-corrected chi connectivity index (χ1v) is 8.61. The van der Waals surface area contributed by atoms with Crippen molar-refractivity contribution in [2.75, 3.05) is 0 Å². The molecule has 1 aromatic carbocycles. The SMILES string of the molecule is NS(=O)(=O)Oc1ccc2c(C3CCCCCC3)onc2c1. The molecule has 1 heterocycles. The average molecular weight is 310 g/mol. The smallest absolute Gasteiger partial charge is 0.371 e. The average Bonchev–Trinajstić information content (AvgIpc) is 2.64. The molecule has 1 fully saturated rings. The minimum absolute atomic E-state index is 0.144. The zero-order chi connectivity index (χ0) is 14.9. The van der Waals surface area contributed by atoms with Crippen LogP contribution in [0.5, 0.6) is 5.75 Å². The third-order valence-electron chi connectivity index (χ3n) is 3.92. The Hall–Kier alpha value is -1.60. The number of aromatic nitrogens is 1. The lowest BCUT2D eigenvalue weighted by molar-refractivity contribution is 0.354. The molecule has 7 heteroatoms. The molecule has 1 aliphatic rings. The topological polar surface area (TPSA) is 95.4 Å². The predicted molar refractivity (Wildman–Crippen MR) is 78.2 cm³/mol. The Morgan fingerprint density at radius 2 is 1.90 bits per heavy atom. The summed E-state index contributed by atoms with van der Waals surface area (Å²) in [5.41, 5.74) is 0.593. The maximum absolute atomic E-state index is 10.9. The van der Waals surface area contributed by atoms with Crippen LogP contribution in [0.4, 0.5) is 0 Å². The van der Waals surface area contributed by atoms with E-state index in [1.807, 2.05) is 0 Å². The highest BCUT2D eigenvalue weighted by atomic mass is 32.2. The van der Waals surface area contributed by atoms with Crippen LogP contribution in [-0.2, 0) is 10.3 Å². The Balaban J connectivity index is 1.91. The number of fused-ring (bicyclic) bond motifs is 1. The lowest BCUT2D eigenvalue weighted by atomic mass is 9.95. The van der Waals surface area contributed by atoms with E-state index >= 15 is 0 Å². The minimum atomic E-state index is -4.02. The molecule has 0 amide bonds. The molecule has 1 aliphatic carbocycles. The Morgan fingerprint density at radius 1 is 1.19 bits per heavy atom. The fourth-order valence-corrected chi connectivity index (χ4v) is 3.34. The molecule has 2 aromatic rings. The quantitative estimate of drug-likeness (QED) is 0.879. The van der Waals surface area contributed by atoms with Gasteiger partial charge < -0.3 is 8.71 Å². The fourth-order valence-electron chi connectivity index (χ4n) is 2.96. The van der Waals surface area contributed by atoms with E-state index in [1.165, 1.54) is 31.7 Å². The summed E-state index contributed by atoms with van der Waals surface area (Å²) in [4.78, 5) is 0. The van der Waals surface area contributed by atoms with Crippen LogP contribution >= 0.6 is 0 Å². The van der Waals surface area contributed by atoms with Gasteiger partial charge in [0.25, 0.3) is 0 Å². The van der Waals surface area contributed by atoms with Crippen LogP contribution in [0.3, 0.4) is 0 Å². The zero-order valence-corrected chi connectivity index (χ0v) is 12.4. The van der Waals surface area contributed by atoms with E-state index in [2.05, 4.69) is 9.34 Å². The van der Waals surface area contributed by atoms with Crippen LogP contribution < -0.4 is 9.32 Å². The maximum Gasteiger partial charge on any atom is 0.380 e. The van der Waals surface area contributed by atoms with Gasteiger partial charge in [0.05, 0.1) is 0 Å². The third kappa shape index (κ3) is 3.36. The molecule has 0 atom stereocenters. The van der Waals surface area contributed by atoms with Crippen molar-refractivity contribution in [3.05, 3.63) is 24.0 Å². The molecule has 114 valence electrons. The van der Waals surface area contributed by atoms with Gasteiger partial charge in [-0.15, -0.1) is 0 Å². The van der Waals surface area contributed by atoms with Gasteiger partial charge >= 0.3 is 10.3 Å². The van der Waals surface area contributed by atoms with Crippen LogP contribution in [0, 0.1) is 0 Å². The van der Waals surface area contributed by atoms with Crippen LogP contribution in [0.2, 0.25) is 0 Å². The maximum atomic E-state index is 10.9. The summed E-state index contributed by atoms with van der Waals surface area (Å²) < 4.78 is 32.0. The molecule has 0 bridgehead atoms. The Labute approximate surface area is 123 Å². The van der Waals surface area contributed by atoms with E-state index in [1.54, 1.807) is 12.1 Å². The van der Waals surface area contributed by atoms with Crippen molar-refractivity contribution < 1.29 is 17.1 Å². The number of nitrogens with two attached hydrogens (primary N) is 1. The molecule has 0 spiro atoms. The van der Waals surface area contributed by atoms with Crippen LogP contribution in [0.25, 0.3) is 10.9 Å². The Morgan fingerprint density at radius 3 is 2.57 bits per heavy atom. The first-order chi connectivity index (χ1) is 10.0. The molecule has 21 heavy (non-hydrogen) atoms. The van der Waals surface area contributed by atoms with Gasteiger partial charge in [-0.1, -0.05) is 30.8 Å². The van der Waals surface area contributed by atoms with E-state index in [-0.39, 0.29) is 5.75 Å². The van der Waals surface area contributed by atoms with Gasteiger partial charge in [-0.25, -0.2) is 0 Å². The zero-order valence-electron chi connectivity index (χ0n) is 11.6. The number of nitrogens with zero attached hydrogens (tertiary/aromatic N) is 1. The van der Waals surface area contributed by atoms with Crippen molar-refractivity contribution in [3.63, 3.8) is 0 Å². The van der Waals surface area contributed by atoms with E-state index < -0.39 is 10.3 Å². The molecular formula is C14H18N2O4S. The second-order valence-electron chi connectivity index (χ2n) is 5.49. The lowest BCUT2D eigenvalue weighted by Gasteiger charge is -2.10. The van der Waals surface area contributed by atoms with Gasteiger partial charge in [0, 0.05) is 17.4 Å². The van der Waals surface area contributed by atoms with E-state index in [9.17, 15) is 8.42 Å². The standard InChI is InChI=1S/C14H18N2O4S/c15-21(17,18)20-11-7-8-12-13(9-11)16-19-14(12)10-5-3-1-2-4-6-10/h7-10H,1-6H2,(H2,15,17,18). The van der Waals surface area contributed by atoms with Gasteiger partial charge in [-0.3, -0.25) is 0 Å². The van der Waals surface area contributed by atoms with Gasteiger partial charge in [0.1, 0.15) is 17.0 Å². The summed E-state index contributed by atoms with van der Waals surface area (Å²) >= 11 is 0. The lowest BCUT2D eigenvalue weighted by Crippen LogP contribution is -2.18. The molecule has 1 saturated carbocycles. The first kappa shape index (κ1) is 14.3. The van der Waals surface area contributed by atoms with Gasteiger partial charge in [0.2, 0.25) is 0 Å². The fraction of sp³-hybridized carbons (Fsp3) is 0.500. The molecule has 0 aliphatic heterocycles. The third-order valence-corrected chi connectivity index (χ3v) is 4.34. The highest BCUT2D eigenvalue weighted by Gasteiger charge is 2.21. The van der Waals surface area contributed by atoms with E-state index in [0.29, 0.717) is 11.4 Å².